The molecule has 0 unspecified atom stereocenters. The fraction of sp³-hybridized carbons (Fsp3) is 0.414. The van der Waals surface area contributed by atoms with E-state index in [9.17, 15) is 103 Å². The molecule has 92 heavy (non-hydrogen) atoms. The fourth-order valence-corrected chi connectivity index (χ4v) is 8.81. The van der Waals surface area contributed by atoms with Crippen molar-refractivity contribution in [2.24, 2.45) is 17.4 Å². The Hall–Kier alpha value is -10.7. The van der Waals surface area contributed by atoms with Crippen LogP contribution >= 0.6 is 0 Å². The van der Waals surface area contributed by atoms with E-state index in [0.29, 0.717) is 11.1 Å². The molecule has 0 bridgehead atoms. The second-order valence-electron chi connectivity index (χ2n) is 21.6. The van der Waals surface area contributed by atoms with E-state index >= 15 is 0 Å². The third-order valence-electron chi connectivity index (χ3n) is 13.8. The lowest BCUT2D eigenvalue weighted by Gasteiger charge is -2.29. The van der Waals surface area contributed by atoms with Crippen LogP contribution in [0.3, 0.4) is 0 Å². The Morgan fingerprint density at radius 3 is 1.23 bits per heavy atom. The number of hydrogen-bond donors (Lipinski definition) is 20. The molecule has 34 nitrogen and oxygen atoms in total. The Balaban J connectivity index is 1.62. The predicted octanol–water partition coefficient (Wildman–Crippen LogP) is -5.18. The van der Waals surface area contributed by atoms with Crippen molar-refractivity contribution in [3.05, 3.63) is 108 Å². The summed E-state index contributed by atoms with van der Waals surface area (Å²) in [6, 6.07) is -1.77. The number of carboxylic acid groups (broad SMARTS) is 3. The number of benzene rings is 3. The largest absolute Gasteiger partial charge is 0.508 e. The van der Waals surface area contributed by atoms with Gasteiger partial charge in [0.15, 0.2) is 0 Å². The number of rotatable bonds is 37. The van der Waals surface area contributed by atoms with Crippen LogP contribution in [0.2, 0.25) is 0 Å². The minimum atomic E-state index is -2.01. The van der Waals surface area contributed by atoms with E-state index in [4.69, 9.17) is 11.5 Å². The molecule has 22 N–H and O–H groups in total. The Bertz CT molecular complexity index is 3240. The molecule has 0 saturated heterocycles. The van der Waals surface area contributed by atoms with E-state index < -0.39 is 195 Å². The number of nitrogens with one attached hydrogen (secondary N) is 10. The molecule has 4 rings (SSSR count). The minimum Gasteiger partial charge on any atom is -0.508 e. The summed E-state index contributed by atoms with van der Waals surface area (Å²) in [4.78, 5) is 179. The highest BCUT2D eigenvalue weighted by Gasteiger charge is 2.38. The van der Waals surface area contributed by atoms with Crippen molar-refractivity contribution < 1.29 is 103 Å². The van der Waals surface area contributed by atoms with E-state index in [2.05, 4.69) is 57.8 Å². The first-order valence-corrected chi connectivity index (χ1v) is 28.4. The maximum Gasteiger partial charge on any atom is 0.326 e. The summed E-state index contributed by atoms with van der Waals surface area (Å²) in [5, 5.41) is 101. The quantitative estimate of drug-likeness (QED) is 0.0201. The highest BCUT2D eigenvalue weighted by Crippen LogP contribution is 2.17. The van der Waals surface area contributed by atoms with Crippen LogP contribution in [0.4, 0.5) is 0 Å². The van der Waals surface area contributed by atoms with Crippen LogP contribution in [0, 0.1) is 5.92 Å². The molecule has 1 aromatic heterocycles. The number of nitrogens with two attached hydrogens (primary N) is 2. The number of carbonyl (C=O) groups excluding carboxylic acids is 10. The van der Waals surface area contributed by atoms with E-state index in [1.165, 1.54) is 99.2 Å². The number of imidazole rings is 1. The highest BCUT2D eigenvalue weighted by molar-refractivity contribution is 6.00. The molecule has 0 saturated carbocycles. The standard InChI is InChI=1S/C58H75N13O21/c1-27(2)47(70-55(88)43(25-72)69-53(86)42(23-46(80)81)66-52(85)41(21-32-24-61-26-62-32)64-49(82)36(59)22-44(60)77)56(89)67-39(19-30-6-12-34(75)13-7-30)51(84)65-40(20-31-8-14-35(76)15-9-31)54(87)71-48(28(3)73)57(90)68-38(18-29-4-10-33(74)11-5-29)50(83)63-37(58(91)92)16-17-45(78)79/h4-15,24,26-28,36-43,47-48,72-76H,16-23,25,59H2,1-3H3,(H2,60,77)(H,61,62)(H,63,83)(H,64,82)(H,65,84)(H,66,85)(H,67,89)(H,68,90)(H,69,86)(H,70,88)(H,71,87)(H,78,79)(H,80,81)(H,91,92)/t28-,36+,37+,38+,39+,40+,41+,42+,43+,47+,48+/m1/s1. The number of aliphatic hydroxyl groups excluding tert-OH is 2. The van der Waals surface area contributed by atoms with E-state index in [0.717, 1.165) is 6.92 Å². The molecule has 0 spiro atoms. The van der Waals surface area contributed by atoms with E-state index in [1.807, 2.05) is 0 Å². The first-order chi connectivity index (χ1) is 43.3. The first-order valence-electron chi connectivity index (χ1n) is 28.4. The summed E-state index contributed by atoms with van der Waals surface area (Å²) in [6.45, 7) is 2.79. The maximum atomic E-state index is 14.7. The lowest BCUT2D eigenvalue weighted by molar-refractivity contribution is -0.143. The molecule has 0 aliphatic carbocycles. The SMILES string of the molecule is CC(C)[C@H](NC(=O)[C@H](CO)NC(=O)[C@H](CC(=O)O)NC(=O)[C@H](Cc1cnc[nH]1)NC(=O)[C@@H](N)CC(N)=O)C(=O)N[C@@H](Cc1ccc(O)cc1)C(=O)N[C@@H](Cc1ccc(O)cc1)C(=O)N[C@H](C(=O)N[C@@H](Cc1ccc(O)cc1)C(=O)N[C@@H](CCC(=O)O)C(=O)O)[C@@H](C)O. The van der Waals surface area contributed by atoms with Crippen molar-refractivity contribution in [2.75, 3.05) is 6.61 Å². The molecule has 10 amide bonds. The number of primary amides is 1. The lowest BCUT2D eigenvalue weighted by atomic mass is 9.99. The van der Waals surface area contributed by atoms with Crippen molar-refractivity contribution in [2.45, 2.75) is 139 Å². The number of aliphatic carboxylic acids is 3. The molecule has 3 aromatic carbocycles. The molecular formula is C58H75N13O21. The molecule has 498 valence electrons. The van der Waals surface area contributed by atoms with Gasteiger partial charge in [-0.25, -0.2) is 9.78 Å². The van der Waals surface area contributed by atoms with Crippen molar-refractivity contribution in [3.8, 4) is 17.2 Å². The average molecular weight is 1290 g/mol. The number of carbonyl (C=O) groups is 13. The number of amides is 10. The number of aromatic nitrogens is 2. The van der Waals surface area contributed by atoms with Gasteiger partial charge in [-0.3, -0.25) is 57.5 Å². The van der Waals surface area contributed by atoms with Gasteiger partial charge in [0, 0.05) is 44.0 Å². The second kappa shape index (κ2) is 35.5. The molecule has 34 heteroatoms. The highest BCUT2D eigenvalue weighted by atomic mass is 16.4. The van der Waals surface area contributed by atoms with Crippen molar-refractivity contribution >= 4 is 77.0 Å². The van der Waals surface area contributed by atoms with Gasteiger partial charge in [-0.05, 0) is 72.4 Å². The van der Waals surface area contributed by atoms with Gasteiger partial charge < -0.3 is 105 Å². The molecule has 11 atom stereocenters. The van der Waals surface area contributed by atoms with Crippen LogP contribution in [0.25, 0.3) is 0 Å². The van der Waals surface area contributed by atoms with Gasteiger partial charge in [-0.2, -0.15) is 0 Å². The number of H-pyrrole nitrogens is 1. The number of phenols is 3. The maximum absolute atomic E-state index is 14.7. The average Bonchev–Trinajstić information content (AvgIpc) is 1.30. The zero-order chi connectivity index (χ0) is 68.5. The molecular weight excluding hydrogens is 1210 g/mol. The van der Waals surface area contributed by atoms with Gasteiger partial charge in [0.25, 0.3) is 0 Å². The van der Waals surface area contributed by atoms with Gasteiger partial charge in [0.05, 0.1) is 37.9 Å². The minimum absolute atomic E-state index is 0.174. The van der Waals surface area contributed by atoms with Crippen molar-refractivity contribution in [1.29, 1.82) is 0 Å². The van der Waals surface area contributed by atoms with Gasteiger partial charge in [-0.15, -0.1) is 0 Å². The zero-order valence-corrected chi connectivity index (χ0v) is 49.9. The summed E-state index contributed by atoms with van der Waals surface area (Å²) in [7, 11) is 0. The van der Waals surface area contributed by atoms with Crippen LogP contribution < -0.4 is 59.3 Å². The number of nitrogens with zero attached hydrogens (tertiary/aromatic N) is 1. The molecule has 0 aliphatic rings. The topological polar surface area (TPSA) is 573 Å². The van der Waals surface area contributed by atoms with Gasteiger partial charge in [0.2, 0.25) is 59.1 Å². The monoisotopic (exact) mass is 1290 g/mol. The summed E-state index contributed by atoms with van der Waals surface area (Å²) >= 11 is 0. The molecule has 0 fully saturated rings. The smallest absolute Gasteiger partial charge is 0.326 e. The Morgan fingerprint density at radius 1 is 0.467 bits per heavy atom. The molecule has 4 aromatic rings. The van der Waals surface area contributed by atoms with Crippen LogP contribution in [0.15, 0.2) is 85.3 Å². The number of aliphatic hydroxyl groups is 2. The third-order valence-corrected chi connectivity index (χ3v) is 13.8. The van der Waals surface area contributed by atoms with Crippen LogP contribution in [0.1, 0.15) is 68.8 Å². The second-order valence-corrected chi connectivity index (χ2v) is 21.6. The van der Waals surface area contributed by atoms with Crippen LogP contribution in [0.5, 0.6) is 17.2 Å². The summed E-state index contributed by atoms with van der Waals surface area (Å²) < 4.78 is 0. The number of hydrogen-bond acceptors (Lipinski definition) is 20. The Kier molecular flexibility index (Phi) is 28.4. The van der Waals surface area contributed by atoms with Gasteiger partial charge >= 0.3 is 17.9 Å². The summed E-state index contributed by atoms with van der Waals surface area (Å²) in [6.07, 6.45) is -3.78. The lowest BCUT2D eigenvalue weighted by Crippen LogP contribution is -2.63. The van der Waals surface area contributed by atoms with Gasteiger partial charge in [0.1, 0.15) is 71.6 Å². The molecule has 0 aliphatic heterocycles. The number of carboxylic acids is 3. The molecule has 1 heterocycles. The van der Waals surface area contributed by atoms with Gasteiger partial charge in [-0.1, -0.05) is 50.2 Å². The number of phenolic OH excluding ortho intramolecular Hbond substituents is 3. The summed E-state index contributed by atoms with van der Waals surface area (Å²) in [5.41, 5.74) is 12.1. The van der Waals surface area contributed by atoms with E-state index in [1.54, 1.807) is 0 Å². The number of aromatic hydroxyl groups is 3. The Labute approximate surface area is 524 Å². The normalized spacial score (nSPS) is 14.6. The zero-order valence-electron chi connectivity index (χ0n) is 49.9. The predicted molar refractivity (Wildman–Crippen MR) is 317 cm³/mol. The Morgan fingerprint density at radius 2 is 0.837 bits per heavy atom. The van der Waals surface area contributed by atoms with E-state index in [-0.39, 0.29) is 41.3 Å². The number of aromatic amines is 1. The molecule has 0 radical (unpaired) electrons. The van der Waals surface area contributed by atoms with Crippen molar-refractivity contribution in [1.82, 2.24) is 57.8 Å². The fourth-order valence-electron chi connectivity index (χ4n) is 8.81. The van der Waals surface area contributed by atoms with Crippen molar-refractivity contribution in [3.63, 3.8) is 0 Å². The summed E-state index contributed by atoms with van der Waals surface area (Å²) in [5.74, 6) is -17.5. The third kappa shape index (κ3) is 24.3. The van der Waals surface area contributed by atoms with Crippen LogP contribution in [-0.4, -0.2) is 201 Å². The first kappa shape index (κ1) is 73.7. The van der Waals surface area contributed by atoms with Crippen LogP contribution in [-0.2, 0) is 88.0 Å².